The molecular weight excluding hydrogens is 1440 g/mol. The Kier molecular flexibility index (Phi) is 35.6. The largest absolute Gasteiger partial charge is 0.420 e. The van der Waals surface area contributed by atoms with Crippen LogP contribution in [0.1, 0.15) is 144 Å². The summed E-state index contributed by atoms with van der Waals surface area (Å²) in [7, 11) is 8.27. The van der Waals surface area contributed by atoms with Crippen molar-refractivity contribution >= 4 is 64.9 Å². The number of piperidine rings is 1. The third-order valence-electron chi connectivity index (χ3n) is 20.3. The fraction of sp³-hybridized carbons (Fsp3) is 0.632. The number of unbranched alkanes of at least 4 members (excludes halogenated alkanes) is 1. The van der Waals surface area contributed by atoms with E-state index in [0.29, 0.717) is 37.8 Å². The molecule has 608 valence electrons. The van der Waals surface area contributed by atoms with Crippen LogP contribution < -0.4 is 47.7 Å². The third-order valence-corrected chi connectivity index (χ3v) is 20.3. The molecule has 33 heteroatoms. The van der Waals surface area contributed by atoms with Crippen LogP contribution in [0.5, 0.6) is 5.75 Å². The van der Waals surface area contributed by atoms with Crippen molar-refractivity contribution in [1.82, 2.24) is 51.5 Å². The van der Waals surface area contributed by atoms with Gasteiger partial charge in [0, 0.05) is 59.4 Å². The number of alkyl halides is 3. The van der Waals surface area contributed by atoms with Gasteiger partial charge in [0.25, 0.3) is 0 Å². The second-order valence-electron chi connectivity index (χ2n) is 29.5. The molecule has 0 bridgehead atoms. The number of urea groups is 1. The zero-order valence-corrected chi connectivity index (χ0v) is 64.7. The van der Waals surface area contributed by atoms with Gasteiger partial charge in [0.05, 0.1) is 48.6 Å². The molecule has 0 radical (unpaired) electrons. The van der Waals surface area contributed by atoms with Crippen LogP contribution in [0.15, 0.2) is 54.6 Å². The van der Waals surface area contributed by atoms with Gasteiger partial charge in [-0.1, -0.05) is 111 Å². The fourth-order valence-corrected chi connectivity index (χ4v) is 14.2. The molecule has 5 rings (SSSR count). The van der Waals surface area contributed by atoms with Crippen LogP contribution in [-0.4, -0.2) is 207 Å². The van der Waals surface area contributed by atoms with Crippen molar-refractivity contribution < 1.29 is 97.3 Å². The number of carbonyl (C=O) groups excluding carboxylic acids is 10. The smallest absolute Gasteiger partial charge is 0.404 e. The first-order valence-corrected chi connectivity index (χ1v) is 37.1. The number of nitrogens with zero attached hydrogens (tertiary/aromatic N) is 4. The number of carbonyl (C=O) groups is 10. The van der Waals surface area contributed by atoms with Gasteiger partial charge in [-0.05, 0) is 125 Å². The Bertz CT molecular complexity index is 3530. The monoisotopic (exact) mass is 1550 g/mol. The average Bonchev–Trinajstić information content (AvgIpc) is 1.67. The van der Waals surface area contributed by atoms with Gasteiger partial charge in [0.1, 0.15) is 30.2 Å². The maximum absolute atomic E-state index is 14.7. The molecule has 3 aromatic carbocycles. The highest BCUT2D eigenvalue weighted by Gasteiger charge is 2.49. The number of likely N-dealkylation sites (tertiary alicyclic amines) is 2. The number of ether oxygens (including phenoxy) is 3. The predicted molar refractivity (Wildman–Crippen MR) is 390 cm³/mol. The molecule has 2 unspecified atom stereocenters. The van der Waals surface area contributed by atoms with Gasteiger partial charge < -0.3 is 67.0 Å². The molecule has 9 N–H and O–H groups in total. The number of halogens is 8. The molecule has 0 aliphatic carbocycles. The summed E-state index contributed by atoms with van der Waals surface area (Å²) in [5, 5.41) is 19.4. The normalized spacial score (nSPS) is 18.3. The molecule has 13 atom stereocenters. The van der Waals surface area contributed by atoms with E-state index in [1.54, 1.807) is 74.0 Å². The molecule has 109 heavy (non-hydrogen) atoms. The maximum atomic E-state index is 14.7. The first kappa shape index (κ1) is 91.1. The van der Waals surface area contributed by atoms with Crippen molar-refractivity contribution in [3.8, 4) is 5.75 Å². The summed E-state index contributed by atoms with van der Waals surface area (Å²) in [4.78, 5) is 143. The number of benzene rings is 3. The third kappa shape index (κ3) is 25.8. The lowest BCUT2D eigenvalue weighted by atomic mass is 9.89. The van der Waals surface area contributed by atoms with E-state index in [1.165, 1.54) is 14.2 Å². The van der Waals surface area contributed by atoms with Crippen LogP contribution in [0.2, 0.25) is 0 Å². The minimum atomic E-state index is -4.99. The number of esters is 1. The lowest BCUT2D eigenvalue weighted by Gasteiger charge is -2.41. The van der Waals surface area contributed by atoms with Gasteiger partial charge in [0.2, 0.25) is 82.1 Å². The van der Waals surface area contributed by atoms with Gasteiger partial charge >= 0.3 is 18.2 Å². The fourth-order valence-electron chi connectivity index (χ4n) is 14.2. The molecule has 3 aromatic rings. The Labute approximate surface area is 632 Å². The summed E-state index contributed by atoms with van der Waals surface area (Å²) in [6.07, 6.45) is -6.19. The zero-order chi connectivity index (χ0) is 81.5. The Hall–Kier alpha value is -8.56. The number of rotatable bonds is 40. The van der Waals surface area contributed by atoms with Crippen molar-refractivity contribution in [3.63, 3.8) is 0 Å². The Morgan fingerprint density at radius 2 is 1.27 bits per heavy atom. The second-order valence-corrected chi connectivity index (χ2v) is 29.5. The Balaban J connectivity index is 1.22. The second kappa shape index (κ2) is 42.6. The summed E-state index contributed by atoms with van der Waals surface area (Å²) in [6.45, 7) is 16.1. The number of hydrogen-bond acceptors (Lipinski definition) is 15. The lowest BCUT2D eigenvalue weighted by Crippen LogP contribution is -2.59. The number of primary amides is 1. The zero-order valence-electron chi connectivity index (χ0n) is 64.7. The molecule has 0 saturated carbocycles. The van der Waals surface area contributed by atoms with Gasteiger partial charge in [-0.2, -0.15) is 22.0 Å². The van der Waals surface area contributed by atoms with Crippen molar-refractivity contribution in [1.29, 1.82) is 0 Å². The van der Waals surface area contributed by atoms with Gasteiger partial charge in [-0.3, -0.25) is 53.0 Å². The van der Waals surface area contributed by atoms with Crippen molar-refractivity contribution in [2.45, 2.75) is 213 Å². The first-order valence-electron chi connectivity index (χ1n) is 37.1. The van der Waals surface area contributed by atoms with Crippen LogP contribution in [-0.2, 0) is 65.6 Å². The lowest BCUT2D eigenvalue weighted by molar-refractivity contribution is -0.197. The highest BCUT2D eigenvalue weighted by molar-refractivity contribution is 5.98. The minimum Gasteiger partial charge on any atom is -0.420 e. The summed E-state index contributed by atoms with van der Waals surface area (Å²) >= 11 is 0. The van der Waals surface area contributed by atoms with E-state index in [4.69, 9.17) is 15.2 Å². The van der Waals surface area contributed by atoms with Gasteiger partial charge in [-0.15, -0.1) is 0 Å². The summed E-state index contributed by atoms with van der Waals surface area (Å²) in [5.74, 6) is -23.7. The number of anilines is 1. The average molecular weight is 1550 g/mol. The highest BCUT2D eigenvalue weighted by atomic mass is 19.4. The number of hydrogen-bond donors (Lipinski definition) is 8. The van der Waals surface area contributed by atoms with E-state index in [0.717, 1.165) is 10.5 Å². The van der Waals surface area contributed by atoms with Gasteiger partial charge in [-0.25, -0.2) is 18.0 Å². The SMILES string of the molecule is CC[C@H](C)[C@@H]([C@@H](CC(=O)N1CCC[C@H]1[C@H](OC)[C@@H](C)C(=O)N[C@@H](Cc1ccccc1)C(=O)NCc1ccc(NC(=O)[C@H](CCCCNC(N)=O)NC(=O)[C@@H](NC(=O)CCCN2CCC(C(=O)Oc3c(F)c(F)c(F)c(F)c3F)CC2C(F)(F)F)C(C)C)cc1)OC)N(C)C(=O)[C@@H](NC(=O)[C@H](C(C)C)N(C)C)C(C)C. The van der Waals surface area contributed by atoms with E-state index in [1.807, 2.05) is 78.7 Å². The van der Waals surface area contributed by atoms with E-state index >= 15 is 0 Å². The molecule has 2 aliphatic rings. The van der Waals surface area contributed by atoms with E-state index in [-0.39, 0.29) is 99.3 Å². The summed E-state index contributed by atoms with van der Waals surface area (Å²) in [5.41, 5.74) is 6.82. The van der Waals surface area contributed by atoms with Crippen LogP contribution in [0.4, 0.5) is 45.6 Å². The van der Waals surface area contributed by atoms with Crippen molar-refractivity contribution in [2.75, 3.05) is 66.9 Å². The van der Waals surface area contributed by atoms with E-state index in [9.17, 15) is 83.1 Å². The number of likely N-dealkylation sites (N-methyl/N-ethyl adjacent to an activating group) is 2. The number of methoxy groups -OCH3 is 2. The molecule has 25 nitrogen and oxygen atoms in total. The highest BCUT2D eigenvalue weighted by Crippen LogP contribution is 2.38. The number of amides is 10. The van der Waals surface area contributed by atoms with Crippen molar-refractivity contribution in [2.24, 2.45) is 41.2 Å². The standard InChI is InChI=1S/C76H110F8N12O13/c1-15-44(8)65(94(12)73(104)63(42(4)5)92-72(103)64(43(6)7)93(10)11)53(107-13)39-56(98)96-35-21-26-52(96)66(108-14)45(9)68(99)90-51(37-46-23-17-16-18-24-46)69(100)87-40-47-28-30-49(31-29-47)88-70(101)50(25-19-20-33-86-75(85)106)89-71(102)62(41(2)3)91-55(97)27-22-34-95-36-32-48(38-54(95)76(82,83)84)74(105)109-67-60(80)58(78)57(77)59(79)61(67)81/h16-18,23-24,28-31,41-45,48,50-54,62-66H,15,19-22,25-27,32-40H2,1-14H3,(H,87,100)(H,88,101)(H,89,102)(H,90,99)(H,91,97)(H,92,103)(H3,85,86,106)/t44-,45+,48?,50-,51-,52-,53+,54?,62-,63-,64-,65-,66+/m0/s1. The Morgan fingerprint density at radius 3 is 1.83 bits per heavy atom. The summed E-state index contributed by atoms with van der Waals surface area (Å²) < 4.78 is 129. The summed E-state index contributed by atoms with van der Waals surface area (Å²) in [6, 6.07) is 6.21. The quantitative estimate of drug-likeness (QED) is 0.00672. The van der Waals surface area contributed by atoms with Gasteiger partial charge in [0.15, 0.2) is 0 Å². The topological polar surface area (TPSA) is 322 Å². The maximum Gasteiger partial charge on any atom is 0.404 e. The van der Waals surface area contributed by atoms with Crippen LogP contribution in [0.25, 0.3) is 0 Å². The molecule has 2 heterocycles. The number of nitrogens with one attached hydrogen (secondary N) is 7. The minimum absolute atomic E-state index is 0.0241. The van der Waals surface area contributed by atoms with Crippen LogP contribution in [0.3, 0.4) is 0 Å². The molecule has 10 amide bonds. The van der Waals surface area contributed by atoms with E-state index in [2.05, 4.69) is 42.0 Å². The molecule has 2 aliphatic heterocycles. The Morgan fingerprint density at radius 1 is 0.651 bits per heavy atom. The molecule has 2 fully saturated rings. The first-order chi connectivity index (χ1) is 51.3. The van der Waals surface area contributed by atoms with Crippen LogP contribution >= 0.6 is 0 Å². The van der Waals surface area contributed by atoms with Crippen LogP contribution in [0, 0.1) is 64.6 Å². The van der Waals surface area contributed by atoms with Crippen molar-refractivity contribution in [3.05, 3.63) is 94.8 Å². The predicted octanol–water partition coefficient (Wildman–Crippen LogP) is 7.80. The molecule has 2 saturated heterocycles. The molecule has 0 spiro atoms. The molecular formula is C76H110F8N12O13. The molecule has 0 aromatic heterocycles. The number of nitrogens with two attached hydrogens (primary N) is 1. The van der Waals surface area contributed by atoms with E-state index < -0.39 is 180 Å².